The number of nitriles is 1. The second-order valence-electron chi connectivity index (χ2n) is 3.27. The van der Waals surface area contributed by atoms with Crippen molar-refractivity contribution in [1.29, 1.82) is 5.26 Å². The van der Waals surface area contributed by atoms with Crippen LogP contribution in [0.5, 0.6) is 0 Å². The first-order valence-corrected chi connectivity index (χ1v) is 5.00. The van der Waals surface area contributed by atoms with Crippen LogP contribution < -0.4 is 5.32 Å². The van der Waals surface area contributed by atoms with Crippen molar-refractivity contribution in [1.82, 2.24) is 5.32 Å². The minimum Gasteiger partial charge on any atom is -0.363 e. The summed E-state index contributed by atoms with van der Waals surface area (Å²) in [5.41, 5.74) is 2.53. The predicted molar refractivity (Wildman–Crippen MR) is 64.8 cm³/mol. The zero-order chi connectivity index (χ0) is 11.7. The molecule has 0 bridgehead atoms. The van der Waals surface area contributed by atoms with E-state index < -0.39 is 0 Å². The maximum Gasteiger partial charge on any atom is 0.0991 e. The lowest BCUT2D eigenvalue weighted by Gasteiger charge is -2.07. The summed E-state index contributed by atoms with van der Waals surface area (Å²) in [4.78, 5) is 0. The highest BCUT2D eigenvalue weighted by Crippen LogP contribution is 2.02. The van der Waals surface area contributed by atoms with Crippen molar-refractivity contribution in [3.05, 3.63) is 48.4 Å². The number of hydrogen-bond donors (Lipinski definition) is 1. The van der Waals surface area contributed by atoms with Crippen molar-refractivity contribution < 1.29 is 0 Å². The van der Waals surface area contributed by atoms with Gasteiger partial charge >= 0.3 is 0 Å². The molecule has 0 atom stereocenters. The normalized spacial score (nSPS) is 11.8. The highest BCUT2D eigenvalue weighted by Gasteiger charge is 1.92. The van der Waals surface area contributed by atoms with Crippen molar-refractivity contribution >= 4 is 0 Å². The molecule has 0 heterocycles. The van der Waals surface area contributed by atoms with Crippen molar-refractivity contribution in [3.63, 3.8) is 0 Å². The van der Waals surface area contributed by atoms with E-state index in [0.717, 1.165) is 24.2 Å². The molecule has 0 aliphatic heterocycles. The van der Waals surface area contributed by atoms with Gasteiger partial charge in [-0.1, -0.05) is 32.6 Å². The Hall–Kier alpha value is -1.75. The largest absolute Gasteiger partial charge is 0.363 e. The molecule has 2 nitrogen and oxygen atoms in total. The lowest BCUT2D eigenvalue weighted by atomic mass is 10.2. The van der Waals surface area contributed by atoms with E-state index in [0.29, 0.717) is 5.57 Å². The Morgan fingerprint density at radius 3 is 2.60 bits per heavy atom. The summed E-state index contributed by atoms with van der Waals surface area (Å²) >= 11 is 0. The van der Waals surface area contributed by atoms with Crippen LogP contribution in [-0.2, 0) is 0 Å². The first-order valence-electron chi connectivity index (χ1n) is 5.00. The van der Waals surface area contributed by atoms with Crippen LogP contribution in [0.1, 0.15) is 26.7 Å². The SMILES string of the molecule is C=C/C(C#N)=C\C=C(/C)NC(=C)CCC. The first kappa shape index (κ1) is 13.2. The van der Waals surface area contributed by atoms with Gasteiger partial charge in [-0.2, -0.15) is 5.26 Å². The summed E-state index contributed by atoms with van der Waals surface area (Å²) in [5.74, 6) is 0. The molecule has 0 aliphatic rings. The number of hydrogen-bond acceptors (Lipinski definition) is 2. The van der Waals surface area contributed by atoms with Gasteiger partial charge in [0.05, 0.1) is 11.6 Å². The fraction of sp³-hybridized carbons (Fsp3) is 0.308. The second kappa shape index (κ2) is 7.64. The molecule has 0 fully saturated rings. The molecule has 0 amide bonds. The number of nitrogens with one attached hydrogen (secondary N) is 1. The molecule has 0 aromatic carbocycles. The third kappa shape index (κ3) is 6.34. The minimum atomic E-state index is 0.553. The number of allylic oxidation sites excluding steroid dienone is 6. The fourth-order valence-electron chi connectivity index (χ4n) is 1.05. The van der Waals surface area contributed by atoms with Gasteiger partial charge in [0, 0.05) is 11.4 Å². The third-order valence-electron chi connectivity index (χ3n) is 1.79. The zero-order valence-corrected chi connectivity index (χ0v) is 9.51. The molecule has 15 heavy (non-hydrogen) atoms. The Morgan fingerprint density at radius 1 is 1.47 bits per heavy atom. The molecule has 0 saturated heterocycles. The maximum atomic E-state index is 8.65. The molecule has 2 heteroatoms. The molecule has 0 unspecified atom stereocenters. The standard InChI is InChI=1S/C13H18N2/c1-5-7-11(3)15-12(4)8-9-13(6-2)10-14/h6,8-9,15H,2-3,5,7H2,1,4H3/b12-8+,13-9+. The smallest absolute Gasteiger partial charge is 0.0991 e. The zero-order valence-electron chi connectivity index (χ0n) is 9.51. The van der Waals surface area contributed by atoms with Gasteiger partial charge in [-0.05, 0) is 25.5 Å². The molecule has 0 radical (unpaired) electrons. The Bertz CT molecular complexity index is 327. The van der Waals surface area contributed by atoms with E-state index in [-0.39, 0.29) is 0 Å². The summed E-state index contributed by atoms with van der Waals surface area (Å²) in [6.07, 6.45) is 7.15. The quantitative estimate of drug-likeness (QED) is 0.529. The van der Waals surface area contributed by atoms with Crippen molar-refractivity contribution in [2.24, 2.45) is 0 Å². The third-order valence-corrected chi connectivity index (χ3v) is 1.79. The molecule has 80 valence electrons. The minimum absolute atomic E-state index is 0.553. The summed E-state index contributed by atoms with van der Waals surface area (Å²) in [5, 5.41) is 11.8. The molecule has 0 aromatic heterocycles. The summed E-state index contributed by atoms with van der Waals surface area (Å²) < 4.78 is 0. The lowest BCUT2D eigenvalue weighted by molar-refractivity contribution is 0.818. The van der Waals surface area contributed by atoms with Crippen molar-refractivity contribution in [3.8, 4) is 6.07 Å². The Kier molecular flexibility index (Phi) is 6.74. The molecular weight excluding hydrogens is 184 g/mol. The van der Waals surface area contributed by atoms with Crippen LogP contribution in [0.15, 0.2) is 48.4 Å². The monoisotopic (exact) mass is 202 g/mol. The van der Waals surface area contributed by atoms with E-state index >= 15 is 0 Å². The van der Waals surface area contributed by atoms with Gasteiger partial charge in [-0.25, -0.2) is 0 Å². The average molecular weight is 202 g/mol. The van der Waals surface area contributed by atoms with Gasteiger partial charge in [-0.3, -0.25) is 0 Å². The molecular formula is C13H18N2. The summed E-state index contributed by atoms with van der Waals surface area (Å²) in [6, 6.07) is 2.03. The van der Waals surface area contributed by atoms with Gasteiger partial charge in [0.15, 0.2) is 0 Å². The topological polar surface area (TPSA) is 35.8 Å². The van der Waals surface area contributed by atoms with E-state index in [9.17, 15) is 0 Å². The number of nitrogens with zero attached hydrogens (tertiary/aromatic N) is 1. The van der Waals surface area contributed by atoms with Crippen LogP contribution >= 0.6 is 0 Å². The van der Waals surface area contributed by atoms with E-state index in [1.165, 1.54) is 6.08 Å². The van der Waals surface area contributed by atoms with E-state index in [4.69, 9.17) is 5.26 Å². The van der Waals surface area contributed by atoms with Crippen molar-refractivity contribution in [2.75, 3.05) is 0 Å². The van der Waals surface area contributed by atoms with Gasteiger partial charge in [0.2, 0.25) is 0 Å². The first-order chi connectivity index (χ1) is 7.13. The maximum absolute atomic E-state index is 8.65. The number of rotatable bonds is 6. The lowest BCUT2D eigenvalue weighted by Crippen LogP contribution is -2.08. The van der Waals surface area contributed by atoms with Gasteiger partial charge < -0.3 is 5.32 Å². The molecule has 0 aliphatic carbocycles. The molecule has 0 saturated carbocycles. The Morgan fingerprint density at radius 2 is 2.13 bits per heavy atom. The van der Waals surface area contributed by atoms with Gasteiger partial charge in [0.25, 0.3) is 0 Å². The molecule has 1 N–H and O–H groups in total. The Balaban J connectivity index is 4.33. The van der Waals surface area contributed by atoms with Crippen LogP contribution in [0.2, 0.25) is 0 Å². The average Bonchev–Trinajstić information content (AvgIpc) is 2.19. The predicted octanol–water partition coefficient (Wildman–Crippen LogP) is 3.43. The second-order valence-corrected chi connectivity index (χ2v) is 3.27. The van der Waals surface area contributed by atoms with Crippen LogP contribution in [-0.4, -0.2) is 0 Å². The van der Waals surface area contributed by atoms with Crippen LogP contribution in [0.25, 0.3) is 0 Å². The highest BCUT2D eigenvalue weighted by atomic mass is 14.9. The Labute approximate surface area is 92.3 Å². The van der Waals surface area contributed by atoms with Crippen LogP contribution in [0.4, 0.5) is 0 Å². The highest BCUT2D eigenvalue weighted by molar-refractivity contribution is 5.35. The van der Waals surface area contributed by atoms with E-state index in [2.05, 4.69) is 25.4 Å². The summed E-state index contributed by atoms with van der Waals surface area (Å²) in [6.45, 7) is 11.5. The van der Waals surface area contributed by atoms with E-state index in [1.54, 1.807) is 6.08 Å². The van der Waals surface area contributed by atoms with Crippen LogP contribution in [0.3, 0.4) is 0 Å². The van der Waals surface area contributed by atoms with Crippen LogP contribution in [0, 0.1) is 11.3 Å². The molecule has 0 spiro atoms. The summed E-state index contributed by atoms with van der Waals surface area (Å²) in [7, 11) is 0. The molecule has 0 aromatic rings. The molecule has 0 rings (SSSR count). The van der Waals surface area contributed by atoms with E-state index in [1.807, 2.05) is 19.1 Å². The van der Waals surface area contributed by atoms with Gasteiger partial charge in [0.1, 0.15) is 0 Å². The van der Waals surface area contributed by atoms with Crippen molar-refractivity contribution in [2.45, 2.75) is 26.7 Å². The van der Waals surface area contributed by atoms with Gasteiger partial charge in [-0.15, -0.1) is 0 Å². The fourth-order valence-corrected chi connectivity index (χ4v) is 1.05.